The molecule has 18 heavy (non-hydrogen) atoms. The van der Waals surface area contributed by atoms with Crippen LogP contribution in [0, 0.1) is 0 Å². The second-order valence-corrected chi connectivity index (χ2v) is 6.03. The molecule has 1 aromatic heterocycles. The first-order valence-corrected chi connectivity index (χ1v) is 6.62. The van der Waals surface area contributed by atoms with Gasteiger partial charge in [-0.3, -0.25) is 0 Å². The lowest BCUT2D eigenvalue weighted by molar-refractivity contribution is -0.136. The molecule has 3 rings (SSSR count). The van der Waals surface area contributed by atoms with Gasteiger partial charge in [0.2, 0.25) is 5.90 Å². The lowest BCUT2D eigenvalue weighted by Gasteiger charge is -2.02. The molecule has 2 heterocycles. The van der Waals surface area contributed by atoms with Gasteiger partial charge in [0, 0.05) is 4.47 Å². The summed E-state index contributed by atoms with van der Waals surface area (Å²) in [4.78, 5) is 15.0. The molecular formula is C10H5BrF3NO2S. The van der Waals surface area contributed by atoms with Crippen molar-refractivity contribution in [3.63, 3.8) is 0 Å². The smallest absolute Gasteiger partial charge is 0.404 e. The van der Waals surface area contributed by atoms with Crippen LogP contribution in [0.25, 0.3) is 0 Å². The van der Waals surface area contributed by atoms with Crippen molar-refractivity contribution in [1.82, 2.24) is 0 Å². The van der Waals surface area contributed by atoms with Crippen LogP contribution in [0.4, 0.5) is 13.2 Å². The fraction of sp³-hybridized carbons (Fsp3) is 0.400. The molecule has 0 aromatic carbocycles. The third-order valence-corrected chi connectivity index (χ3v) is 4.82. The standard InChI is InChI=1S/C10H5BrF3NO2S/c11-4-3-5(18-6(4)10(12,13)14)7-15-9(1-2-9)8(16)17-7/h3H,1-2H2. The van der Waals surface area contributed by atoms with Crippen molar-refractivity contribution in [1.29, 1.82) is 0 Å². The Kier molecular flexibility index (Phi) is 2.41. The monoisotopic (exact) mass is 339 g/mol. The van der Waals surface area contributed by atoms with Crippen molar-refractivity contribution in [2.75, 3.05) is 0 Å². The Morgan fingerprint density at radius 3 is 2.56 bits per heavy atom. The quantitative estimate of drug-likeness (QED) is 0.736. The Morgan fingerprint density at radius 1 is 1.44 bits per heavy atom. The minimum Gasteiger partial charge on any atom is -0.404 e. The summed E-state index contributed by atoms with van der Waals surface area (Å²) in [6, 6.07) is 1.28. The Labute approximate surface area is 112 Å². The van der Waals surface area contributed by atoms with Gasteiger partial charge in [0.1, 0.15) is 4.88 Å². The second-order valence-electron chi connectivity index (χ2n) is 4.12. The second kappa shape index (κ2) is 3.57. The van der Waals surface area contributed by atoms with Crippen LogP contribution in [0.1, 0.15) is 22.6 Å². The van der Waals surface area contributed by atoms with Gasteiger partial charge in [-0.2, -0.15) is 13.2 Å². The van der Waals surface area contributed by atoms with Gasteiger partial charge in [0.15, 0.2) is 5.54 Å². The number of alkyl halides is 3. The van der Waals surface area contributed by atoms with Crippen molar-refractivity contribution in [3.8, 4) is 0 Å². The highest BCUT2D eigenvalue weighted by Gasteiger charge is 2.56. The van der Waals surface area contributed by atoms with Crippen LogP contribution in [0.2, 0.25) is 0 Å². The van der Waals surface area contributed by atoms with E-state index in [0.29, 0.717) is 24.2 Å². The number of halogens is 4. The van der Waals surface area contributed by atoms with E-state index in [1.165, 1.54) is 6.07 Å². The fourth-order valence-corrected chi connectivity index (χ4v) is 3.34. The number of hydrogen-bond donors (Lipinski definition) is 0. The Balaban J connectivity index is 1.98. The molecule has 0 atom stereocenters. The van der Waals surface area contributed by atoms with E-state index in [9.17, 15) is 18.0 Å². The molecule has 0 radical (unpaired) electrons. The molecule has 0 unspecified atom stereocenters. The number of ether oxygens (including phenoxy) is 1. The zero-order valence-corrected chi connectivity index (χ0v) is 11.1. The van der Waals surface area contributed by atoms with Gasteiger partial charge >= 0.3 is 12.1 Å². The summed E-state index contributed by atoms with van der Waals surface area (Å²) in [5.74, 6) is -0.464. The van der Waals surface area contributed by atoms with Crippen LogP contribution in [0.5, 0.6) is 0 Å². The highest BCUT2D eigenvalue weighted by molar-refractivity contribution is 9.10. The van der Waals surface area contributed by atoms with Crippen molar-refractivity contribution < 1.29 is 22.7 Å². The van der Waals surface area contributed by atoms with E-state index in [2.05, 4.69) is 20.9 Å². The van der Waals surface area contributed by atoms with Crippen molar-refractivity contribution in [3.05, 3.63) is 20.3 Å². The van der Waals surface area contributed by atoms with Crippen LogP contribution >= 0.6 is 27.3 Å². The SMILES string of the molecule is O=C1OC(c2cc(Br)c(C(F)(F)F)s2)=NC12CC2. The van der Waals surface area contributed by atoms with E-state index in [1.54, 1.807) is 0 Å². The van der Waals surface area contributed by atoms with Gasteiger partial charge in [0.25, 0.3) is 0 Å². The number of rotatable bonds is 1. The minimum atomic E-state index is -4.43. The molecule has 1 aliphatic heterocycles. The Hall–Kier alpha value is -0.890. The average molecular weight is 340 g/mol. The van der Waals surface area contributed by atoms with E-state index in [0.717, 1.165) is 0 Å². The third-order valence-electron chi connectivity index (χ3n) is 2.76. The van der Waals surface area contributed by atoms with Crippen LogP contribution in [0.15, 0.2) is 15.5 Å². The zero-order valence-electron chi connectivity index (χ0n) is 8.68. The molecule has 1 saturated carbocycles. The molecule has 1 spiro atoms. The molecule has 0 saturated heterocycles. The summed E-state index contributed by atoms with van der Waals surface area (Å²) in [6.07, 6.45) is -3.22. The first kappa shape index (κ1) is 12.2. The maximum Gasteiger partial charge on any atom is 0.426 e. The van der Waals surface area contributed by atoms with Crippen LogP contribution in [-0.2, 0) is 15.7 Å². The van der Waals surface area contributed by atoms with Gasteiger partial charge in [-0.25, -0.2) is 9.79 Å². The van der Waals surface area contributed by atoms with Crippen LogP contribution in [-0.4, -0.2) is 17.4 Å². The van der Waals surface area contributed by atoms with Crippen molar-refractivity contribution in [2.45, 2.75) is 24.6 Å². The van der Waals surface area contributed by atoms with E-state index in [-0.39, 0.29) is 15.2 Å². The Bertz CT molecular complexity index is 574. The molecule has 96 valence electrons. The maximum absolute atomic E-state index is 12.6. The van der Waals surface area contributed by atoms with E-state index in [1.807, 2.05) is 0 Å². The molecule has 0 N–H and O–H groups in total. The summed E-state index contributed by atoms with van der Waals surface area (Å²) >= 11 is 3.37. The molecule has 3 nitrogen and oxygen atoms in total. The largest absolute Gasteiger partial charge is 0.426 e. The lowest BCUT2D eigenvalue weighted by atomic mass is 10.3. The summed E-state index contributed by atoms with van der Waals surface area (Å²) < 4.78 is 42.7. The van der Waals surface area contributed by atoms with Crippen LogP contribution < -0.4 is 0 Å². The molecular weight excluding hydrogens is 335 g/mol. The molecule has 1 aliphatic carbocycles. The van der Waals surface area contributed by atoms with Gasteiger partial charge in [0.05, 0.1) is 4.88 Å². The topological polar surface area (TPSA) is 38.7 Å². The summed E-state index contributed by atoms with van der Waals surface area (Å²) in [6.45, 7) is 0. The number of carbonyl (C=O) groups is 1. The van der Waals surface area contributed by atoms with E-state index in [4.69, 9.17) is 4.74 Å². The molecule has 8 heteroatoms. The average Bonchev–Trinajstić information content (AvgIpc) is 2.79. The number of thiophene rings is 1. The van der Waals surface area contributed by atoms with Gasteiger partial charge in [-0.05, 0) is 34.8 Å². The Morgan fingerprint density at radius 2 is 2.11 bits per heavy atom. The molecule has 0 amide bonds. The number of aliphatic imine (C=N–C) groups is 1. The molecule has 1 fully saturated rings. The highest BCUT2D eigenvalue weighted by atomic mass is 79.9. The van der Waals surface area contributed by atoms with E-state index >= 15 is 0 Å². The predicted molar refractivity (Wildman–Crippen MR) is 61.6 cm³/mol. The maximum atomic E-state index is 12.6. The van der Waals surface area contributed by atoms with Crippen molar-refractivity contribution >= 4 is 39.1 Å². The number of hydrogen-bond acceptors (Lipinski definition) is 4. The first-order valence-electron chi connectivity index (χ1n) is 5.01. The molecule has 2 aliphatic rings. The fourth-order valence-electron chi connectivity index (χ4n) is 1.65. The van der Waals surface area contributed by atoms with Crippen molar-refractivity contribution in [2.24, 2.45) is 4.99 Å². The zero-order chi connectivity index (χ0) is 13.1. The molecule has 0 bridgehead atoms. The van der Waals surface area contributed by atoms with Gasteiger partial charge < -0.3 is 4.74 Å². The summed E-state index contributed by atoms with van der Waals surface area (Å²) in [5.41, 5.74) is -0.801. The number of cyclic esters (lactones) is 1. The lowest BCUT2D eigenvalue weighted by Crippen LogP contribution is -2.15. The summed E-state index contributed by atoms with van der Waals surface area (Å²) in [7, 11) is 0. The first-order chi connectivity index (χ1) is 8.32. The third kappa shape index (κ3) is 1.78. The number of esters is 1. The highest BCUT2D eigenvalue weighted by Crippen LogP contribution is 2.47. The minimum absolute atomic E-state index is 0.00120. The van der Waals surface area contributed by atoms with E-state index < -0.39 is 22.6 Å². The van der Waals surface area contributed by atoms with Crippen LogP contribution in [0.3, 0.4) is 0 Å². The van der Waals surface area contributed by atoms with Gasteiger partial charge in [-0.1, -0.05) is 0 Å². The normalized spacial score (nSPS) is 21.1. The van der Waals surface area contributed by atoms with Gasteiger partial charge in [-0.15, -0.1) is 11.3 Å². The molecule has 1 aromatic rings. The number of carbonyl (C=O) groups excluding carboxylic acids is 1. The number of nitrogens with zero attached hydrogens (tertiary/aromatic N) is 1. The summed E-state index contributed by atoms with van der Waals surface area (Å²) in [5, 5.41) is 0. The predicted octanol–water partition coefficient (Wildman–Crippen LogP) is 3.37.